The molecule has 2 aliphatic rings. The fraction of sp³-hybridized carbons (Fsp3) is 1.00. The Morgan fingerprint density at radius 3 is 3.00 bits per heavy atom. The van der Waals surface area contributed by atoms with E-state index in [0.29, 0.717) is 12.5 Å². The number of rotatable bonds is 2. The van der Waals surface area contributed by atoms with E-state index in [1.807, 2.05) is 0 Å². The first-order valence-corrected chi connectivity index (χ1v) is 6.15. The summed E-state index contributed by atoms with van der Waals surface area (Å²) < 4.78 is 19.3. The van der Waals surface area contributed by atoms with Crippen molar-refractivity contribution in [3.05, 3.63) is 0 Å². The van der Waals surface area contributed by atoms with Gasteiger partial charge in [0.1, 0.15) is 5.67 Å². The van der Waals surface area contributed by atoms with Crippen molar-refractivity contribution in [2.24, 2.45) is 5.92 Å². The minimum absolute atomic E-state index is 0.615. The molecule has 0 aliphatic carbocycles. The number of piperidine rings is 1. The van der Waals surface area contributed by atoms with Gasteiger partial charge in [0.05, 0.1) is 6.61 Å². The van der Waals surface area contributed by atoms with Crippen LogP contribution in [-0.4, -0.2) is 43.4 Å². The molecule has 0 aromatic carbocycles. The number of ether oxygens (including phenoxy) is 1. The molecule has 2 heterocycles. The summed E-state index contributed by atoms with van der Waals surface area (Å²) in [5, 5.41) is 0. The molecule has 0 unspecified atom stereocenters. The van der Waals surface area contributed by atoms with Gasteiger partial charge in [0.2, 0.25) is 0 Å². The molecule has 0 bridgehead atoms. The number of nitrogens with zero attached hydrogens (tertiary/aromatic N) is 1. The van der Waals surface area contributed by atoms with Gasteiger partial charge in [-0.25, -0.2) is 4.39 Å². The zero-order chi connectivity index (χ0) is 10.7. The largest absolute Gasteiger partial charge is 0.381 e. The topological polar surface area (TPSA) is 12.5 Å². The lowest BCUT2D eigenvalue weighted by atomic mass is 9.94. The predicted molar refractivity (Wildman–Crippen MR) is 58.7 cm³/mol. The quantitative estimate of drug-likeness (QED) is 0.700. The van der Waals surface area contributed by atoms with Gasteiger partial charge in [-0.3, -0.25) is 4.90 Å². The normalized spacial score (nSPS) is 39.2. The van der Waals surface area contributed by atoms with E-state index in [-0.39, 0.29) is 0 Å². The van der Waals surface area contributed by atoms with Crippen molar-refractivity contribution in [1.82, 2.24) is 4.90 Å². The Bertz CT molecular complexity index is 202. The molecule has 2 nitrogen and oxygen atoms in total. The molecule has 0 spiro atoms. The minimum atomic E-state index is -0.965. The van der Waals surface area contributed by atoms with E-state index in [9.17, 15) is 4.39 Å². The van der Waals surface area contributed by atoms with Gasteiger partial charge in [-0.1, -0.05) is 0 Å². The van der Waals surface area contributed by atoms with Gasteiger partial charge in [0, 0.05) is 19.7 Å². The highest BCUT2D eigenvalue weighted by Gasteiger charge is 2.31. The van der Waals surface area contributed by atoms with Crippen molar-refractivity contribution in [3.63, 3.8) is 0 Å². The molecule has 0 N–H and O–H groups in total. The first kappa shape index (κ1) is 11.3. The molecule has 0 amide bonds. The van der Waals surface area contributed by atoms with E-state index in [1.165, 1.54) is 12.8 Å². The van der Waals surface area contributed by atoms with E-state index in [4.69, 9.17) is 4.74 Å². The SMILES string of the molecule is C[C@@]1(F)CCCN(C[C@@H]2CCCOC2)C1. The van der Waals surface area contributed by atoms with Crippen molar-refractivity contribution in [3.8, 4) is 0 Å². The van der Waals surface area contributed by atoms with Crippen LogP contribution in [0.5, 0.6) is 0 Å². The van der Waals surface area contributed by atoms with Crippen molar-refractivity contribution < 1.29 is 9.13 Å². The van der Waals surface area contributed by atoms with Crippen LogP contribution in [0.4, 0.5) is 4.39 Å². The average Bonchev–Trinajstić information content (AvgIpc) is 2.17. The Morgan fingerprint density at radius 1 is 1.47 bits per heavy atom. The molecular formula is C12H22FNO. The molecule has 2 rings (SSSR count). The summed E-state index contributed by atoms with van der Waals surface area (Å²) in [6.07, 6.45) is 4.15. The highest BCUT2D eigenvalue weighted by Crippen LogP contribution is 2.26. The van der Waals surface area contributed by atoms with Gasteiger partial charge in [0.15, 0.2) is 0 Å². The van der Waals surface area contributed by atoms with E-state index in [0.717, 1.165) is 39.1 Å². The number of hydrogen-bond donors (Lipinski definition) is 0. The molecule has 88 valence electrons. The Kier molecular flexibility index (Phi) is 3.62. The van der Waals surface area contributed by atoms with Crippen LogP contribution in [0.1, 0.15) is 32.6 Å². The van der Waals surface area contributed by atoms with Crippen LogP contribution < -0.4 is 0 Å². The molecule has 2 fully saturated rings. The van der Waals surface area contributed by atoms with Crippen molar-refractivity contribution in [1.29, 1.82) is 0 Å². The molecule has 0 aromatic rings. The maximum Gasteiger partial charge on any atom is 0.120 e. The zero-order valence-electron chi connectivity index (χ0n) is 9.67. The average molecular weight is 215 g/mol. The minimum Gasteiger partial charge on any atom is -0.381 e. The predicted octanol–water partition coefficient (Wildman–Crippen LogP) is 2.24. The molecular weight excluding hydrogens is 193 g/mol. The first-order valence-electron chi connectivity index (χ1n) is 6.15. The Labute approximate surface area is 91.8 Å². The lowest BCUT2D eigenvalue weighted by molar-refractivity contribution is 0.0106. The lowest BCUT2D eigenvalue weighted by Crippen LogP contribution is -2.46. The van der Waals surface area contributed by atoms with E-state index in [1.54, 1.807) is 6.92 Å². The molecule has 3 heteroatoms. The third-order valence-electron chi connectivity index (χ3n) is 3.50. The number of halogens is 1. The first-order chi connectivity index (χ1) is 7.16. The standard InChI is InChI=1S/C12H22FNO/c1-12(13)5-3-6-14(10-12)8-11-4-2-7-15-9-11/h11H,2-10H2,1H3/t11-,12+/m0/s1. The second-order valence-corrected chi connectivity index (χ2v) is 5.34. The Balaban J connectivity index is 1.78. The third kappa shape index (κ3) is 3.42. The van der Waals surface area contributed by atoms with E-state index < -0.39 is 5.67 Å². The van der Waals surface area contributed by atoms with Gasteiger partial charge in [0.25, 0.3) is 0 Å². The smallest absolute Gasteiger partial charge is 0.120 e. The molecule has 0 radical (unpaired) electrons. The van der Waals surface area contributed by atoms with E-state index in [2.05, 4.69) is 4.90 Å². The van der Waals surface area contributed by atoms with Crippen LogP contribution in [-0.2, 0) is 4.74 Å². The summed E-state index contributed by atoms with van der Waals surface area (Å²) in [5.41, 5.74) is -0.965. The third-order valence-corrected chi connectivity index (χ3v) is 3.50. The van der Waals surface area contributed by atoms with Crippen LogP contribution in [0.15, 0.2) is 0 Å². The molecule has 0 aromatic heterocycles. The zero-order valence-corrected chi connectivity index (χ0v) is 9.67. The Hall–Kier alpha value is -0.150. The molecule has 2 saturated heterocycles. The summed E-state index contributed by atoms with van der Waals surface area (Å²) in [6, 6.07) is 0. The molecule has 15 heavy (non-hydrogen) atoms. The second kappa shape index (κ2) is 4.79. The monoisotopic (exact) mass is 215 g/mol. The summed E-state index contributed by atoms with van der Waals surface area (Å²) in [4.78, 5) is 2.28. The number of hydrogen-bond acceptors (Lipinski definition) is 2. The van der Waals surface area contributed by atoms with Crippen molar-refractivity contribution in [2.45, 2.75) is 38.3 Å². The maximum absolute atomic E-state index is 13.8. The molecule has 2 aliphatic heterocycles. The number of alkyl halides is 1. The van der Waals surface area contributed by atoms with Gasteiger partial charge < -0.3 is 4.74 Å². The van der Waals surface area contributed by atoms with Crippen LogP contribution >= 0.6 is 0 Å². The van der Waals surface area contributed by atoms with Gasteiger partial charge in [-0.05, 0) is 45.1 Å². The highest BCUT2D eigenvalue weighted by molar-refractivity contribution is 4.84. The van der Waals surface area contributed by atoms with Crippen molar-refractivity contribution in [2.75, 3.05) is 32.8 Å². The lowest BCUT2D eigenvalue weighted by Gasteiger charge is -2.37. The Morgan fingerprint density at radius 2 is 2.33 bits per heavy atom. The van der Waals surface area contributed by atoms with Crippen LogP contribution in [0.25, 0.3) is 0 Å². The summed E-state index contributed by atoms with van der Waals surface area (Å²) >= 11 is 0. The summed E-state index contributed by atoms with van der Waals surface area (Å²) in [5.74, 6) is 0.632. The molecule has 0 saturated carbocycles. The van der Waals surface area contributed by atoms with Gasteiger partial charge >= 0.3 is 0 Å². The summed E-state index contributed by atoms with van der Waals surface area (Å²) in [7, 11) is 0. The molecule has 2 atom stereocenters. The van der Waals surface area contributed by atoms with Crippen molar-refractivity contribution >= 4 is 0 Å². The second-order valence-electron chi connectivity index (χ2n) is 5.34. The summed E-state index contributed by atoms with van der Waals surface area (Å²) in [6.45, 7) is 6.23. The van der Waals surface area contributed by atoms with Gasteiger partial charge in [-0.2, -0.15) is 0 Å². The maximum atomic E-state index is 13.8. The van der Waals surface area contributed by atoms with Crippen LogP contribution in [0, 0.1) is 5.92 Å². The fourth-order valence-electron chi connectivity index (χ4n) is 2.77. The highest BCUT2D eigenvalue weighted by atomic mass is 19.1. The van der Waals surface area contributed by atoms with Crippen LogP contribution in [0.2, 0.25) is 0 Å². The fourth-order valence-corrected chi connectivity index (χ4v) is 2.77. The number of likely N-dealkylation sites (tertiary alicyclic amines) is 1. The van der Waals surface area contributed by atoms with E-state index >= 15 is 0 Å². The van der Waals surface area contributed by atoms with Crippen LogP contribution in [0.3, 0.4) is 0 Å². The van der Waals surface area contributed by atoms with Gasteiger partial charge in [-0.15, -0.1) is 0 Å².